The highest BCUT2D eigenvalue weighted by atomic mass is 16.4. The van der Waals surface area contributed by atoms with E-state index in [-0.39, 0.29) is 0 Å². The number of aliphatic carboxylic acids is 1. The maximum absolute atomic E-state index is 10.7. The summed E-state index contributed by atoms with van der Waals surface area (Å²) < 4.78 is 0. The van der Waals surface area contributed by atoms with Crippen molar-refractivity contribution in [2.75, 3.05) is 0 Å². The van der Waals surface area contributed by atoms with Crippen LogP contribution >= 0.6 is 0 Å². The zero-order valence-corrected chi connectivity index (χ0v) is 14.4. The average Bonchev–Trinajstić information content (AvgIpc) is 2.60. The molecule has 0 atom stereocenters. The highest BCUT2D eigenvalue weighted by Crippen LogP contribution is 2.32. The Morgan fingerprint density at radius 1 is 0.920 bits per heavy atom. The Morgan fingerprint density at radius 2 is 1.56 bits per heavy atom. The van der Waals surface area contributed by atoms with E-state index in [1.807, 2.05) is 12.2 Å². The van der Waals surface area contributed by atoms with E-state index >= 15 is 0 Å². The van der Waals surface area contributed by atoms with Gasteiger partial charge in [-0.25, -0.2) is 4.79 Å². The van der Waals surface area contributed by atoms with Crippen LogP contribution in [0.5, 0.6) is 0 Å². The molecule has 0 saturated heterocycles. The van der Waals surface area contributed by atoms with E-state index < -0.39 is 5.97 Å². The van der Waals surface area contributed by atoms with E-state index in [9.17, 15) is 4.79 Å². The second-order valence-corrected chi connectivity index (χ2v) is 6.13. The van der Waals surface area contributed by atoms with Crippen LogP contribution in [-0.2, 0) is 4.79 Å². The predicted octanol–water partition coefficient (Wildman–Crippen LogP) is 5.98. The lowest BCUT2D eigenvalue weighted by Gasteiger charge is -2.10. The van der Waals surface area contributed by atoms with E-state index in [0.717, 1.165) is 5.57 Å². The van der Waals surface area contributed by atoms with Gasteiger partial charge in [-0.15, -0.1) is 0 Å². The third-order valence-electron chi connectivity index (χ3n) is 4.25. The molecule has 0 aliphatic carbocycles. The number of hydrogen-bond donors (Lipinski definition) is 1. The average molecular weight is 328 g/mol. The number of allylic oxidation sites excluding steroid dienone is 5. The fourth-order valence-electron chi connectivity index (χ4n) is 3.06. The van der Waals surface area contributed by atoms with Crippen molar-refractivity contribution in [3.05, 3.63) is 90.0 Å². The molecule has 2 nitrogen and oxygen atoms in total. The molecule has 3 aromatic carbocycles. The summed E-state index contributed by atoms with van der Waals surface area (Å²) >= 11 is 0. The normalized spacial score (nSPS) is 13.0. The van der Waals surface area contributed by atoms with Crippen LogP contribution < -0.4 is 0 Å². The number of carbonyl (C=O) groups is 1. The largest absolute Gasteiger partial charge is 0.478 e. The summed E-state index contributed by atoms with van der Waals surface area (Å²) in [5, 5.41) is 13.7. The topological polar surface area (TPSA) is 37.3 Å². The Hall–Kier alpha value is -3.13. The second kappa shape index (κ2) is 7.18. The third-order valence-corrected chi connectivity index (χ3v) is 4.25. The van der Waals surface area contributed by atoms with Gasteiger partial charge in [0.25, 0.3) is 0 Å². The fourth-order valence-corrected chi connectivity index (χ4v) is 3.06. The Kier molecular flexibility index (Phi) is 4.80. The molecule has 25 heavy (non-hydrogen) atoms. The molecular weight excluding hydrogens is 308 g/mol. The van der Waals surface area contributed by atoms with Crippen molar-refractivity contribution in [3.8, 4) is 0 Å². The number of carboxylic acid groups (broad SMARTS) is 1. The van der Waals surface area contributed by atoms with Crippen LogP contribution in [0, 0.1) is 0 Å². The summed E-state index contributed by atoms with van der Waals surface area (Å²) in [6.45, 7) is 3.86. The van der Waals surface area contributed by atoms with E-state index in [0.29, 0.717) is 5.57 Å². The molecule has 0 saturated carbocycles. The first kappa shape index (κ1) is 16.7. The van der Waals surface area contributed by atoms with Crippen molar-refractivity contribution < 1.29 is 9.90 Å². The molecule has 1 N–H and O–H groups in total. The molecule has 3 aromatic rings. The van der Waals surface area contributed by atoms with Gasteiger partial charge in [-0.3, -0.25) is 0 Å². The monoisotopic (exact) mass is 328 g/mol. The van der Waals surface area contributed by atoms with Gasteiger partial charge in [0.1, 0.15) is 0 Å². The summed E-state index contributed by atoms with van der Waals surface area (Å²) in [7, 11) is 0. The quantitative estimate of drug-likeness (QED) is 0.363. The van der Waals surface area contributed by atoms with E-state index in [4.69, 9.17) is 5.11 Å². The lowest BCUT2D eigenvalue weighted by molar-refractivity contribution is -0.131. The molecule has 0 amide bonds. The molecule has 0 heterocycles. The summed E-state index contributed by atoms with van der Waals surface area (Å²) in [5.41, 5.74) is 3.04. The van der Waals surface area contributed by atoms with Gasteiger partial charge in [-0.05, 0) is 58.2 Å². The van der Waals surface area contributed by atoms with Crippen molar-refractivity contribution in [2.45, 2.75) is 13.8 Å². The van der Waals surface area contributed by atoms with E-state index in [1.54, 1.807) is 13.0 Å². The molecule has 3 rings (SSSR count). The van der Waals surface area contributed by atoms with Crippen molar-refractivity contribution >= 4 is 33.1 Å². The first-order valence-electron chi connectivity index (χ1n) is 8.23. The Balaban J connectivity index is 2.09. The molecule has 0 fully saturated rings. The highest BCUT2D eigenvalue weighted by Gasteiger charge is 2.06. The number of fused-ring (bicyclic) bond motifs is 3. The fraction of sp³-hybridized carbons (Fsp3) is 0.0870. The van der Waals surface area contributed by atoms with Crippen LogP contribution in [0.25, 0.3) is 27.1 Å². The summed E-state index contributed by atoms with van der Waals surface area (Å²) in [6.07, 6.45) is 6.93. The minimum atomic E-state index is -0.927. The van der Waals surface area contributed by atoms with Gasteiger partial charge in [-0.1, -0.05) is 66.8 Å². The van der Waals surface area contributed by atoms with E-state index in [2.05, 4.69) is 61.5 Å². The molecule has 0 aliphatic rings. The third kappa shape index (κ3) is 3.69. The van der Waals surface area contributed by atoms with Gasteiger partial charge in [0.2, 0.25) is 0 Å². The lowest BCUT2D eigenvalue weighted by atomic mass is 9.93. The van der Waals surface area contributed by atoms with Gasteiger partial charge >= 0.3 is 5.97 Å². The first-order chi connectivity index (χ1) is 12.1. The number of carboxylic acids is 1. The van der Waals surface area contributed by atoms with Crippen molar-refractivity contribution in [1.82, 2.24) is 0 Å². The molecule has 0 bridgehead atoms. The van der Waals surface area contributed by atoms with Crippen molar-refractivity contribution in [3.63, 3.8) is 0 Å². The Morgan fingerprint density at radius 3 is 2.28 bits per heavy atom. The molecule has 0 unspecified atom stereocenters. The Labute approximate surface area is 147 Å². The van der Waals surface area contributed by atoms with Gasteiger partial charge in [0, 0.05) is 6.08 Å². The molecule has 2 heteroatoms. The summed E-state index contributed by atoms with van der Waals surface area (Å²) in [5.74, 6) is -0.927. The van der Waals surface area contributed by atoms with Gasteiger partial charge in [0.15, 0.2) is 0 Å². The standard InChI is InChI=1S/C23H20O2/c1-16(14-23(24)25)8-7-9-17(2)22-15-18-10-3-4-11-19(18)20-12-5-6-13-21(20)22/h3-15H,1-2H3,(H,24,25)/b8-7+,16-14+,17-9-. The zero-order valence-electron chi connectivity index (χ0n) is 14.4. The molecule has 0 aromatic heterocycles. The van der Waals surface area contributed by atoms with Gasteiger partial charge in [-0.2, -0.15) is 0 Å². The predicted molar refractivity (Wildman–Crippen MR) is 106 cm³/mol. The van der Waals surface area contributed by atoms with E-state index in [1.165, 1.54) is 33.2 Å². The van der Waals surface area contributed by atoms with Crippen LogP contribution in [-0.4, -0.2) is 11.1 Å². The minimum Gasteiger partial charge on any atom is -0.478 e. The molecule has 0 spiro atoms. The van der Waals surface area contributed by atoms with Gasteiger partial charge in [0.05, 0.1) is 0 Å². The number of hydrogen-bond acceptors (Lipinski definition) is 1. The summed E-state index contributed by atoms with van der Waals surface area (Å²) in [4.78, 5) is 10.7. The molecule has 124 valence electrons. The zero-order chi connectivity index (χ0) is 17.8. The maximum atomic E-state index is 10.7. The van der Waals surface area contributed by atoms with Crippen molar-refractivity contribution in [2.24, 2.45) is 0 Å². The lowest BCUT2D eigenvalue weighted by Crippen LogP contribution is -1.88. The van der Waals surface area contributed by atoms with Crippen LogP contribution in [0.15, 0.2) is 84.5 Å². The molecule has 0 aliphatic heterocycles. The first-order valence-corrected chi connectivity index (χ1v) is 8.23. The number of benzene rings is 3. The highest BCUT2D eigenvalue weighted by molar-refractivity contribution is 6.11. The minimum absolute atomic E-state index is 0.708. The second-order valence-electron chi connectivity index (χ2n) is 6.13. The Bertz CT molecular complexity index is 1040. The van der Waals surface area contributed by atoms with Gasteiger partial charge < -0.3 is 5.11 Å². The van der Waals surface area contributed by atoms with Crippen molar-refractivity contribution in [1.29, 1.82) is 0 Å². The number of rotatable bonds is 4. The smallest absolute Gasteiger partial charge is 0.328 e. The molecule has 0 radical (unpaired) electrons. The maximum Gasteiger partial charge on any atom is 0.328 e. The van der Waals surface area contributed by atoms with Crippen LogP contribution in [0.1, 0.15) is 19.4 Å². The van der Waals surface area contributed by atoms with Crippen LogP contribution in [0.4, 0.5) is 0 Å². The van der Waals surface area contributed by atoms with Crippen LogP contribution in [0.3, 0.4) is 0 Å². The summed E-state index contributed by atoms with van der Waals surface area (Å²) in [6, 6.07) is 19.1. The van der Waals surface area contributed by atoms with Crippen LogP contribution in [0.2, 0.25) is 0 Å². The molecular formula is C23H20O2. The SMILES string of the molecule is C/C(=C/C=C/C(C)=C/C(=O)O)c1cc2ccccc2c2ccccc12.